The number of hydrogen-bond acceptors (Lipinski definition) is 4. The minimum absolute atomic E-state index is 0.150. The fourth-order valence-electron chi connectivity index (χ4n) is 2.86. The average molecular weight is 341 g/mol. The van der Waals surface area contributed by atoms with E-state index in [1.165, 1.54) is 18.4 Å². The zero-order valence-corrected chi connectivity index (χ0v) is 13.3. The Balaban J connectivity index is 1.70. The molecule has 3 rings (SSSR count). The number of hydrogen-bond donors (Lipinski definition) is 1. The number of halogens is 3. The number of nitrogens with zero attached hydrogens (tertiary/aromatic N) is 2. The zero-order chi connectivity index (χ0) is 16.3. The second-order valence-electron chi connectivity index (χ2n) is 5.58. The zero-order valence-electron chi connectivity index (χ0n) is 12.5. The van der Waals surface area contributed by atoms with Gasteiger partial charge in [-0.1, -0.05) is 41.7 Å². The summed E-state index contributed by atoms with van der Waals surface area (Å²) in [5, 5.41) is 3.40. The molecular weight excluding hydrogens is 323 g/mol. The Kier molecular flexibility index (Phi) is 4.87. The molecule has 0 radical (unpaired) electrons. The molecule has 1 atom stereocenters. The first-order valence-corrected chi connectivity index (χ1v) is 8.41. The summed E-state index contributed by atoms with van der Waals surface area (Å²) in [6.07, 6.45) is -1.11. The summed E-state index contributed by atoms with van der Waals surface area (Å²) < 4.78 is 37.9. The predicted octanol–water partition coefficient (Wildman–Crippen LogP) is 4.41. The lowest BCUT2D eigenvalue weighted by Gasteiger charge is -2.28. The number of rotatable bonds is 5. The van der Waals surface area contributed by atoms with Crippen molar-refractivity contribution < 1.29 is 13.2 Å². The maximum Gasteiger partial charge on any atom is 0.427 e. The molecule has 0 aliphatic carbocycles. The van der Waals surface area contributed by atoms with Gasteiger partial charge in [0.05, 0.1) is 12.2 Å². The van der Waals surface area contributed by atoms with Gasteiger partial charge in [0.15, 0.2) is 5.13 Å². The summed E-state index contributed by atoms with van der Waals surface area (Å²) in [6.45, 7) is 2.59. The van der Waals surface area contributed by atoms with Gasteiger partial charge in [0.1, 0.15) is 4.88 Å². The number of aromatic nitrogens is 1. The Morgan fingerprint density at radius 2 is 1.87 bits per heavy atom. The summed E-state index contributed by atoms with van der Waals surface area (Å²) in [7, 11) is 0. The number of nitrogens with one attached hydrogen (secondary N) is 1. The summed E-state index contributed by atoms with van der Waals surface area (Å²) in [5.74, 6) is 0. The van der Waals surface area contributed by atoms with E-state index in [4.69, 9.17) is 0 Å². The molecule has 124 valence electrons. The largest absolute Gasteiger partial charge is 0.427 e. The molecule has 2 heterocycles. The van der Waals surface area contributed by atoms with Gasteiger partial charge in [0.2, 0.25) is 0 Å². The third kappa shape index (κ3) is 4.03. The van der Waals surface area contributed by atoms with Crippen molar-refractivity contribution in [1.29, 1.82) is 0 Å². The van der Waals surface area contributed by atoms with E-state index in [1.807, 2.05) is 18.2 Å². The van der Waals surface area contributed by atoms with Crippen LogP contribution in [-0.2, 0) is 6.18 Å². The van der Waals surface area contributed by atoms with Crippen molar-refractivity contribution in [2.75, 3.05) is 25.0 Å². The van der Waals surface area contributed by atoms with Crippen LogP contribution in [0.5, 0.6) is 0 Å². The molecule has 1 saturated heterocycles. The fourth-order valence-corrected chi connectivity index (χ4v) is 3.55. The molecule has 1 N–H and O–H groups in total. The van der Waals surface area contributed by atoms with Crippen molar-refractivity contribution in [2.24, 2.45) is 0 Å². The molecular formula is C16H18F3N3S. The summed E-state index contributed by atoms with van der Waals surface area (Å²) in [6, 6.07) is 10.2. The molecule has 7 heteroatoms. The molecule has 0 spiro atoms. The molecule has 2 aromatic rings. The Bertz CT molecular complexity index is 621. The molecule has 1 aliphatic rings. The number of thiazole rings is 1. The monoisotopic (exact) mass is 341 g/mol. The Hall–Kier alpha value is -1.60. The highest BCUT2D eigenvalue weighted by Crippen LogP contribution is 2.35. The first-order chi connectivity index (χ1) is 11.0. The Morgan fingerprint density at radius 3 is 2.48 bits per heavy atom. The topological polar surface area (TPSA) is 28.2 Å². The van der Waals surface area contributed by atoms with Gasteiger partial charge >= 0.3 is 6.18 Å². The second-order valence-corrected chi connectivity index (χ2v) is 6.61. The first kappa shape index (κ1) is 16.3. The Labute approximate surface area is 137 Å². The van der Waals surface area contributed by atoms with Gasteiger partial charge in [-0.2, -0.15) is 13.2 Å². The van der Waals surface area contributed by atoms with Crippen LogP contribution in [0.4, 0.5) is 18.3 Å². The van der Waals surface area contributed by atoms with E-state index < -0.39 is 11.1 Å². The van der Waals surface area contributed by atoms with Gasteiger partial charge in [0, 0.05) is 6.54 Å². The smallest absolute Gasteiger partial charge is 0.360 e. The molecule has 1 aliphatic heterocycles. The van der Waals surface area contributed by atoms with Gasteiger partial charge in [-0.05, 0) is 31.5 Å². The number of benzene rings is 1. The van der Waals surface area contributed by atoms with Crippen LogP contribution in [-0.4, -0.2) is 29.5 Å². The third-order valence-corrected chi connectivity index (χ3v) is 5.00. The standard InChI is InChI=1S/C16H18F3N3S/c17-16(18,19)14-11-21-15(23-14)20-10-13(22-8-4-5-9-22)12-6-2-1-3-7-12/h1-3,6-7,11,13H,4-5,8-10H2,(H,20,21). The average Bonchev–Trinajstić information content (AvgIpc) is 3.19. The van der Waals surface area contributed by atoms with Gasteiger partial charge < -0.3 is 5.32 Å². The number of anilines is 1. The SMILES string of the molecule is FC(F)(F)c1cnc(NCC(c2ccccc2)N2CCCC2)s1. The van der Waals surface area contributed by atoms with Gasteiger partial charge in [-0.3, -0.25) is 4.90 Å². The lowest BCUT2D eigenvalue weighted by molar-refractivity contribution is -0.134. The maximum absolute atomic E-state index is 12.6. The molecule has 1 fully saturated rings. The normalized spacial score (nSPS) is 17.3. The molecule has 3 nitrogen and oxygen atoms in total. The van der Waals surface area contributed by atoms with Crippen molar-refractivity contribution in [1.82, 2.24) is 9.88 Å². The van der Waals surface area contributed by atoms with E-state index in [-0.39, 0.29) is 6.04 Å². The lowest BCUT2D eigenvalue weighted by atomic mass is 10.1. The molecule has 1 unspecified atom stereocenters. The van der Waals surface area contributed by atoms with Crippen molar-refractivity contribution in [3.05, 3.63) is 47.0 Å². The van der Waals surface area contributed by atoms with Gasteiger partial charge in [-0.15, -0.1) is 0 Å². The lowest BCUT2D eigenvalue weighted by Crippen LogP contribution is -2.31. The maximum atomic E-state index is 12.6. The van der Waals surface area contributed by atoms with Crippen LogP contribution < -0.4 is 5.32 Å². The fraction of sp³-hybridized carbons (Fsp3) is 0.438. The third-order valence-electron chi connectivity index (χ3n) is 4.00. The van der Waals surface area contributed by atoms with Crippen molar-refractivity contribution in [3.8, 4) is 0 Å². The molecule has 23 heavy (non-hydrogen) atoms. The Morgan fingerprint density at radius 1 is 1.17 bits per heavy atom. The van der Waals surface area contributed by atoms with E-state index in [0.717, 1.165) is 19.3 Å². The van der Waals surface area contributed by atoms with Crippen LogP contribution in [0.25, 0.3) is 0 Å². The summed E-state index contributed by atoms with van der Waals surface area (Å²) in [5.41, 5.74) is 1.18. The minimum atomic E-state index is -4.33. The number of alkyl halides is 3. The van der Waals surface area contributed by atoms with E-state index in [1.54, 1.807) is 0 Å². The summed E-state index contributed by atoms with van der Waals surface area (Å²) >= 11 is 0.654. The van der Waals surface area contributed by atoms with Crippen LogP contribution in [0.2, 0.25) is 0 Å². The van der Waals surface area contributed by atoms with E-state index >= 15 is 0 Å². The highest BCUT2D eigenvalue weighted by Gasteiger charge is 2.33. The van der Waals surface area contributed by atoms with E-state index in [9.17, 15) is 13.2 Å². The second kappa shape index (κ2) is 6.88. The van der Waals surface area contributed by atoms with Crippen LogP contribution in [0.15, 0.2) is 36.5 Å². The quantitative estimate of drug-likeness (QED) is 0.873. The van der Waals surface area contributed by atoms with Crippen LogP contribution in [0.3, 0.4) is 0 Å². The van der Waals surface area contributed by atoms with Crippen LogP contribution in [0.1, 0.15) is 29.3 Å². The van der Waals surface area contributed by atoms with E-state index in [0.29, 0.717) is 23.0 Å². The minimum Gasteiger partial charge on any atom is -0.360 e. The van der Waals surface area contributed by atoms with Crippen molar-refractivity contribution in [3.63, 3.8) is 0 Å². The molecule has 0 amide bonds. The number of likely N-dealkylation sites (tertiary alicyclic amines) is 1. The molecule has 1 aromatic heterocycles. The predicted molar refractivity (Wildman–Crippen MR) is 85.6 cm³/mol. The van der Waals surface area contributed by atoms with Crippen molar-refractivity contribution in [2.45, 2.75) is 25.1 Å². The van der Waals surface area contributed by atoms with Gasteiger partial charge in [-0.25, -0.2) is 4.98 Å². The highest BCUT2D eigenvalue weighted by atomic mass is 32.1. The molecule has 1 aromatic carbocycles. The van der Waals surface area contributed by atoms with Crippen molar-refractivity contribution >= 4 is 16.5 Å². The first-order valence-electron chi connectivity index (χ1n) is 7.60. The van der Waals surface area contributed by atoms with Gasteiger partial charge in [0.25, 0.3) is 0 Å². The highest BCUT2D eigenvalue weighted by molar-refractivity contribution is 7.15. The molecule has 0 saturated carbocycles. The van der Waals surface area contributed by atoms with Crippen LogP contribution >= 0.6 is 11.3 Å². The van der Waals surface area contributed by atoms with Crippen LogP contribution in [0, 0.1) is 0 Å². The van der Waals surface area contributed by atoms with E-state index in [2.05, 4.69) is 27.3 Å². The summed E-state index contributed by atoms with van der Waals surface area (Å²) in [4.78, 5) is 5.55. The molecule has 0 bridgehead atoms.